The number of aliphatic hydroxyl groups is 1. The lowest BCUT2D eigenvalue weighted by atomic mass is 10.1. The van der Waals surface area contributed by atoms with E-state index in [9.17, 15) is 10.4 Å². The topological polar surface area (TPSA) is 60.2 Å². The van der Waals surface area contributed by atoms with Crippen molar-refractivity contribution in [3.8, 4) is 6.07 Å². The molecule has 2 heterocycles. The van der Waals surface area contributed by atoms with Crippen LogP contribution < -0.4 is 4.90 Å². The van der Waals surface area contributed by atoms with Gasteiger partial charge in [-0.25, -0.2) is 4.98 Å². The van der Waals surface area contributed by atoms with Crippen molar-refractivity contribution in [3.05, 3.63) is 34.9 Å². The van der Waals surface area contributed by atoms with Gasteiger partial charge in [-0.05, 0) is 37.1 Å². The molecule has 0 aliphatic carbocycles. The van der Waals surface area contributed by atoms with Gasteiger partial charge in [-0.1, -0.05) is 11.6 Å². The van der Waals surface area contributed by atoms with Crippen molar-refractivity contribution in [2.24, 2.45) is 0 Å². The van der Waals surface area contributed by atoms with Crippen LogP contribution in [0.1, 0.15) is 18.4 Å². The molecule has 102 valence electrons. The fraction of sp³-hybridized carbons (Fsp3) is 0.333. The third-order valence-corrected chi connectivity index (χ3v) is 3.90. The van der Waals surface area contributed by atoms with Crippen molar-refractivity contribution < 1.29 is 5.11 Å². The molecule has 4 nitrogen and oxygen atoms in total. The van der Waals surface area contributed by atoms with Gasteiger partial charge in [0.05, 0.1) is 23.3 Å². The minimum atomic E-state index is -0.221. The van der Waals surface area contributed by atoms with Crippen molar-refractivity contribution in [2.45, 2.75) is 18.9 Å². The van der Waals surface area contributed by atoms with Crippen molar-refractivity contribution in [1.29, 1.82) is 5.26 Å². The van der Waals surface area contributed by atoms with Crippen LogP contribution in [0.15, 0.2) is 24.3 Å². The molecule has 5 heteroatoms. The molecular weight excluding hydrogens is 274 g/mol. The molecule has 1 aliphatic heterocycles. The molecule has 1 aromatic heterocycles. The first-order chi connectivity index (χ1) is 9.67. The second kappa shape index (κ2) is 5.28. The van der Waals surface area contributed by atoms with Gasteiger partial charge < -0.3 is 10.0 Å². The first kappa shape index (κ1) is 13.2. The zero-order valence-corrected chi connectivity index (χ0v) is 11.6. The van der Waals surface area contributed by atoms with E-state index in [1.54, 1.807) is 18.2 Å². The first-order valence-electron chi connectivity index (χ1n) is 6.61. The number of hydrogen-bond acceptors (Lipinski definition) is 4. The van der Waals surface area contributed by atoms with Crippen molar-refractivity contribution in [3.63, 3.8) is 0 Å². The summed E-state index contributed by atoms with van der Waals surface area (Å²) in [5.74, 6) is 0.795. The average molecular weight is 288 g/mol. The number of rotatable bonds is 1. The van der Waals surface area contributed by atoms with Crippen molar-refractivity contribution in [1.82, 2.24) is 4.98 Å². The van der Waals surface area contributed by atoms with Crippen LogP contribution in [0.3, 0.4) is 0 Å². The number of benzene rings is 1. The molecule has 0 amide bonds. The first-order valence-corrected chi connectivity index (χ1v) is 6.98. The Morgan fingerprint density at radius 3 is 2.75 bits per heavy atom. The minimum Gasteiger partial charge on any atom is -0.393 e. The number of nitriles is 1. The normalized spacial score (nSPS) is 16.4. The van der Waals surface area contributed by atoms with Crippen molar-refractivity contribution in [2.75, 3.05) is 18.0 Å². The van der Waals surface area contributed by atoms with Gasteiger partial charge in [0.25, 0.3) is 0 Å². The van der Waals surface area contributed by atoms with Gasteiger partial charge in [0.2, 0.25) is 0 Å². The van der Waals surface area contributed by atoms with E-state index in [2.05, 4.69) is 16.0 Å². The number of aliphatic hydroxyl groups excluding tert-OH is 1. The molecule has 0 spiro atoms. The van der Waals surface area contributed by atoms with Gasteiger partial charge >= 0.3 is 0 Å². The highest BCUT2D eigenvalue weighted by atomic mass is 35.5. The van der Waals surface area contributed by atoms with E-state index < -0.39 is 0 Å². The Bertz CT molecular complexity index is 687. The van der Waals surface area contributed by atoms with Crippen LogP contribution in [-0.4, -0.2) is 29.3 Å². The maximum atomic E-state index is 9.56. The molecule has 0 saturated carbocycles. The van der Waals surface area contributed by atoms with E-state index in [1.807, 2.05) is 6.07 Å². The van der Waals surface area contributed by atoms with E-state index in [4.69, 9.17) is 11.6 Å². The molecule has 0 bridgehead atoms. The quantitative estimate of drug-likeness (QED) is 0.876. The zero-order chi connectivity index (χ0) is 14.1. The number of nitrogens with zero attached hydrogens (tertiary/aromatic N) is 3. The second-order valence-electron chi connectivity index (χ2n) is 5.02. The lowest BCUT2D eigenvalue weighted by Crippen LogP contribution is -2.36. The Morgan fingerprint density at radius 1 is 1.30 bits per heavy atom. The zero-order valence-electron chi connectivity index (χ0n) is 10.9. The van der Waals surface area contributed by atoms with Crippen LogP contribution in [0.2, 0.25) is 5.02 Å². The van der Waals surface area contributed by atoms with Gasteiger partial charge in [0.15, 0.2) is 0 Å². The van der Waals surface area contributed by atoms with Gasteiger partial charge in [0.1, 0.15) is 5.82 Å². The summed E-state index contributed by atoms with van der Waals surface area (Å²) in [6.07, 6.45) is 1.26. The number of hydrogen-bond donors (Lipinski definition) is 1. The molecule has 1 fully saturated rings. The third-order valence-electron chi connectivity index (χ3n) is 3.67. The van der Waals surface area contributed by atoms with Gasteiger partial charge in [0, 0.05) is 23.5 Å². The molecule has 1 saturated heterocycles. The third kappa shape index (κ3) is 2.43. The van der Waals surface area contributed by atoms with Gasteiger partial charge in [-0.15, -0.1) is 0 Å². The fourth-order valence-electron chi connectivity index (χ4n) is 2.53. The fourth-order valence-corrected chi connectivity index (χ4v) is 2.71. The van der Waals surface area contributed by atoms with Crippen LogP contribution in [0.25, 0.3) is 10.9 Å². The maximum absolute atomic E-state index is 9.56. The highest BCUT2D eigenvalue weighted by Gasteiger charge is 2.19. The SMILES string of the molecule is N#Cc1cc(N2CCC(O)CC2)nc2ccc(Cl)cc12. The summed E-state index contributed by atoms with van der Waals surface area (Å²) < 4.78 is 0. The summed E-state index contributed by atoms with van der Waals surface area (Å²) >= 11 is 5.98. The van der Waals surface area contributed by atoms with Crippen molar-refractivity contribution >= 4 is 28.3 Å². The number of halogens is 1. The molecule has 0 atom stereocenters. The predicted octanol–water partition coefficient (Wildman–Crippen LogP) is 2.72. The summed E-state index contributed by atoms with van der Waals surface area (Å²) in [5.41, 5.74) is 1.35. The second-order valence-corrected chi connectivity index (χ2v) is 5.46. The molecule has 20 heavy (non-hydrogen) atoms. The van der Waals surface area contributed by atoms with Crippen LogP contribution in [0, 0.1) is 11.3 Å². The standard InChI is InChI=1S/C15H14ClN3O/c16-11-1-2-14-13(8-11)10(9-17)7-15(18-14)19-5-3-12(20)4-6-19/h1-2,7-8,12,20H,3-6H2. The van der Waals surface area contributed by atoms with Gasteiger partial charge in [-0.2, -0.15) is 5.26 Å². The number of fused-ring (bicyclic) bond motifs is 1. The molecule has 0 unspecified atom stereocenters. The molecular formula is C15H14ClN3O. The highest BCUT2D eigenvalue weighted by molar-refractivity contribution is 6.31. The summed E-state index contributed by atoms with van der Waals surface area (Å²) in [6.45, 7) is 1.52. The van der Waals surface area contributed by atoms with Crippen LogP contribution in [0.4, 0.5) is 5.82 Å². The van der Waals surface area contributed by atoms with E-state index in [0.717, 1.165) is 42.7 Å². The number of aromatic nitrogens is 1. The Kier molecular flexibility index (Phi) is 3.47. The number of piperidine rings is 1. The van der Waals surface area contributed by atoms with Crippen LogP contribution in [0.5, 0.6) is 0 Å². The number of anilines is 1. The molecule has 1 aromatic carbocycles. The lowest BCUT2D eigenvalue weighted by Gasteiger charge is -2.30. The maximum Gasteiger partial charge on any atom is 0.130 e. The van der Waals surface area contributed by atoms with Crippen LogP contribution in [-0.2, 0) is 0 Å². The monoisotopic (exact) mass is 287 g/mol. The smallest absolute Gasteiger partial charge is 0.130 e. The van der Waals surface area contributed by atoms with Gasteiger partial charge in [-0.3, -0.25) is 0 Å². The highest BCUT2D eigenvalue weighted by Crippen LogP contribution is 2.26. The Balaban J connectivity index is 2.05. The summed E-state index contributed by atoms with van der Waals surface area (Å²) in [5, 5.41) is 20.3. The predicted molar refractivity (Wildman–Crippen MR) is 78.9 cm³/mol. The number of pyridine rings is 1. The van der Waals surface area contributed by atoms with Crippen LogP contribution >= 0.6 is 11.6 Å². The minimum absolute atomic E-state index is 0.221. The molecule has 1 aliphatic rings. The van der Waals surface area contributed by atoms with E-state index >= 15 is 0 Å². The molecule has 1 N–H and O–H groups in total. The molecule has 2 aromatic rings. The average Bonchev–Trinajstić information content (AvgIpc) is 2.47. The van der Waals surface area contributed by atoms with E-state index in [1.165, 1.54) is 0 Å². The summed E-state index contributed by atoms with van der Waals surface area (Å²) in [7, 11) is 0. The van der Waals surface area contributed by atoms with E-state index in [-0.39, 0.29) is 6.10 Å². The van der Waals surface area contributed by atoms with E-state index in [0.29, 0.717) is 10.6 Å². The summed E-state index contributed by atoms with van der Waals surface area (Å²) in [6, 6.07) is 9.40. The summed E-state index contributed by atoms with van der Waals surface area (Å²) in [4.78, 5) is 6.72. The lowest BCUT2D eigenvalue weighted by molar-refractivity contribution is 0.145. The molecule has 0 radical (unpaired) electrons. The molecule has 3 rings (SSSR count). The Labute approximate surface area is 122 Å². The Hall–Kier alpha value is -1.83. The Morgan fingerprint density at radius 2 is 2.05 bits per heavy atom. The largest absolute Gasteiger partial charge is 0.393 e.